The van der Waals surface area contributed by atoms with E-state index in [0.29, 0.717) is 5.92 Å². The first-order chi connectivity index (χ1) is 7.63. The molecule has 4 heteroatoms. The van der Waals surface area contributed by atoms with Gasteiger partial charge < -0.3 is 10.2 Å². The predicted molar refractivity (Wildman–Crippen MR) is 72.5 cm³/mol. The van der Waals surface area contributed by atoms with E-state index >= 15 is 0 Å². The first-order valence-corrected chi connectivity index (χ1v) is 6.84. The first kappa shape index (κ1) is 13.5. The van der Waals surface area contributed by atoms with Crippen molar-refractivity contribution < 1.29 is 0 Å². The maximum atomic E-state index is 4.77. The van der Waals surface area contributed by atoms with Crippen molar-refractivity contribution in [3.8, 4) is 0 Å². The number of rotatable bonds is 6. The molecule has 0 saturated carbocycles. The maximum absolute atomic E-state index is 4.77. The Kier molecular flexibility index (Phi) is 5.22. The smallest absolute Gasteiger partial charge is 0.185 e. The van der Waals surface area contributed by atoms with Crippen LogP contribution in [0.1, 0.15) is 44.2 Å². The molecule has 0 aromatic carbocycles. The average molecular weight is 241 g/mol. The summed E-state index contributed by atoms with van der Waals surface area (Å²) >= 11 is 1.82. The Morgan fingerprint density at radius 2 is 1.94 bits per heavy atom. The third-order valence-corrected chi connectivity index (χ3v) is 3.77. The molecule has 1 rings (SSSR count). The van der Waals surface area contributed by atoms with Gasteiger partial charge in [-0.2, -0.15) is 0 Å². The second-order valence-electron chi connectivity index (χ2n) is 4.16. The highest BCUT2D eigenvalue weighted by Crippen LogP contribution is 2.30. The molecule has 0 aliphatic rings. The molecule has 0 aliphatic carbocycles. The minimum atomic E-state index is 0.504. The summed E-state index contributed by atoms with van der Waals surface area (Å²) in [6.45, 7) is 11.8. The zero-order valence-electron chi connectivity index (χ0n) is 11.0. The van der Waals surface area contributed by atoms with Crippen molar-refractivity contribution in [3.63, 3.8) is 0 Å². The van der Waals surface area contributed by atoms with Gasteiger partial charge in [0.1, 0.15) is 0 Å². The number of hydrogen-bond acceptors (Lipinski definition) is 4. The molecule has 0 bridgehead atoms. The molecular formula is C12H23N3S. The van der Waals surface area contributed by atoms with E-state index in [1.165, 1.54) is 15.7 Å². The van der Waals surface area contributed by atoms with Gasteiger partial charge in [-0.3, -0.25) is 0 Å². The van der Waals surface area contributed by atoms with Crippen LogP contribution in [0.5, 0.6) is 0 Å². The van der Waals surface area contributed by atoms with Crippen LogP contribution in [0.15, 0.2) is 0 Å². The number of aromatic nitrogens is 1. The molecule has 0 radical (unpaired) electrons. The first-order valence-electron chi connectivity index (χ1n) is 6.03. The lowest BCUT2D eigenvalue weighted by Gasteiger charge is -2.16. The van der Waals surface area contributed by atoms with Crippen molar-refractivity contribution in [2.75, 3.05) is 25.0 Å². The lowest BCUT2D eigenvalue weighted by atomic mass is 10.1. The van der Waals surface area contributed by atoms with Crippen molar-refractivity contribution in [1.82, 2.24) is 10.3 Å². The Morgan fingerprint density at radius 3 is 2.38 bits per heavy atom. The number of hydrogen-bond donors (Lipinski definition) is 1. The van der Waals surface area contributed by atoms with Crippen LogP contribution in [0.4, 0.5) is 5.13 Å². The molecule has 1 heterocycles. The van der Waals surface area contributed by atoms with Gasteiger partial charge in [0.25, 0.3) is 0 Å². The molecular weight excluding hydrogens is 218 g/mol. The van der Waals surface area contributed by atoms with E-state index < -0.39 is 0 Å². The van der Waals surface area contributed by atoms with Crippen molar-refractivity contribution in [2.24, 2.45) is 0 Å². The van der Waals surface area contributed by atoms with Gasteiger partial charge in [0.2, 0.25) is 0 Å². The molecule has 1 N–H and O–H groups in total. The van der Waals surface area contributed by atoms with E-state index in [1.807, 2.05) is 18.4 Å². The van der Waals surface area contributed by atoms with Gasteiger partial charge in [-0.1, -0.05) is 13.8 Å². The predicted octanol–water partition coefficient (Wildman–Crippen LogP) is 2.83. The normalized spacial score (nSPS) is 11.1. The molecule has 16 heavy (non-hydrogen) atoms. The third kappa shape index (κ3) is 2.95. The van der Waals surface area contributed by atoms with Crippen LogP contribution in [-0.2, 0) is 6.54 Å². The molecule has 0 saturated heterocycles. The lowest BCUT2D eigenvalue weighted by molar-refractivity contribution is 0.766. The van der Waals surface area contributed by atoms with Crippen LogP contribution in [-0.4, -0.2) is 25.1 Å². The fourth-order valence-corrected chi connectivity index (χ4v) is 3.07. The Hall–Kier alpha value is -0.610. The summed E-state index contributed by atoms with van der Waals surface area (Å²) in [5.41, 5.74) is 1.25. The zero-order chi connectivity index (χ0) is 12.1. The SMILES string of the molecule is CCN(CC)c1nc(C(C)C)c(CNC)s1. The summed E-state index contributed by atoms with van der Waals surface area (Å²) in [5.74, 6) is 0.504. The molecule has 0 atom stereocenters. The highest BCUT2D eigenvalue weighted by Gasteiger charge is 2.16. The maximum Gasteiger partial charge on any atom is 0.185 e. The molecule has 0 fully saturated rings. The van der Waals surface area contributed by atoms with Gasteiger partial charge in [-0.25, -0.2) is 4.98 Å². The van der Waals surface area contributed by atoms with Crippen LogP contribution in [0, 0.1) is 0 Å². The molecule has 0 spiro atoms. The molecule has 1 aromatic rings. The minimum Gasteiger partial charge on any atom is -0.349 e. The lowest BCUT2D eigenvalue weighted by Crippen LogP contribution is -2.21. The van der Waals surface area contributed by atoms with Crippen LogP contribution in [0.25, 0.3) is 0 Å². The van der Waals surface area contributed by atoms with Crippen molar-refractivity contribution in [2.45, 2.75) is 40.2 Å². The average Bonchev–Trinajstić information content (AvgIpc) is 2.65. The molecule has 0 aliphatic heterocycles. The molecule has 1 aromatic heterocycles. The molecule has 0 amide bonds. The Balaban J connectivity index is 3.00. The largest absolute Gasteiger partial charge is 0.349 e. The third-order valence-electron chi connectivity index (χ3n) is 2.63. The molecule has 0 unspecified atom stereocenters. The zero-order valence-corrected chi connectivity index (χ0v) is 11.8. The van der Waals surface area contributed by atoms with Crippen LogP contribution < -0.4 is 10.2 Å². The minimum absolute atomic E-state index is 0.504. The topological polar surface area (TPSA) is 28.2 Å². The van der Waals surface area contributed by atoms with Gasteiger partial charge in [0.15, 0.2) is 5.13 Å². The number of nitrogens with one attached hydrogen (secondary N) is 1. The number of anilines is 1. The molecule has 92 valence electrons. The van der Waals surface area contributed by atoms with Crippen molar-refractivity contribution in [3.05, 3.63) is 10.6 Å². The fourth-order valence-electron chi connectivity index (χ4n) is 1.72. The van der Waals surface area contributed by atoms with Gasteiger partial charge in [0, 0.05) is 24.5 Å². The van der Waals surface area contributed by atoms with E-state index in [1.54, 1.807) is 0 Å². The number of thiazole rings is 1. The Bertz CT molecular complexity index is 316. The second kappa shape index (κ2) is 6.21. The van der Waals surface area contributed by atoms with E-state index in [0.717, 1.165) is 19.6 Å². The summed E-state index contributed by atoms with van der Waals surface area (Å²) < 4.78 is 0. The summed E-state index contributed by atoms with van der Waals surface area (Å²) in [5, 5.41) is 4.39. The quantitative estimate of drug-likeness (QED) is 0.830. The van der Waals surface area contributed by atoms with E-state index in [4.69, 9.17) is 4.98 Å². The standard InChI is InChI=1S/C12H23N3S/c1-6-15(7-2)12-14-11(9(3)4)10(16-12)8-13-5/h9,13H,6-8H2,1-5H3. The Morgan fingerprint density at radius 1 is 1.31 bits per heavy atom. The van der Waals surface area contributed by atoms with Gasteiger partial charge in [0.05, 0.1) is 5.69 Å². The molecule has 3 nitrogen and oxygen atoms in total. The highest BCUT2D eigenvalue weighted by molar-refractivity contribution is 7.15. The van der Waals surface area contributed by atoms with Crippen LogP contribution in [0.3, 0.4) is 0 Å². The monoisotopic (exact) mass is 241 g/mol. The van der Waals surface area contributed by atoms with Gasteiger partial charge in [-0.05, 0) is 26.8 Å². The summed E-state index contributed by atoms with van der Waals surface area (Å²) in [6.07, 6.45) is 0. The van der Waals surface area contributed by atoms with Crippen LogP contribution >= 0.6 is 11.3 Å². The van der Waals surface area contributed by atoms with Crippen LogP contribution in [0.2, 0.25) is 0 Å². The summed E-state index contributed by atoms with van der Waals surface area (Å²) in [6, 6.07) is 0. The number of nitrogens with zero attached hydrogens (tertiary/aromatic N) is 2. The van der Waals surface area contributed by atoms with E-state index in [2.05, 4.69) is 37.9 Å². The van der Waals surface area contributed by atoms with Gasteiger partial charge in [-0.15, -0.1) is 11.3 Å². The fraction of sp³-hybridized carbons (Fsp3) is 0.750. The van der Waals surface area contributed by atoms with Gasteiger partial charge >= 0.3 is 0 Å². The second-order valence-corrected chi connectivity index (χ2v) is 5.22. The van der Waals surface area contributed by atoms with E-state index in [9.17, 15) is 0 Å². The summed E-state index contributed by atoms with van der Waals surface area (Å²) in [4.78, 5) is 8.46. The van der Waals surface area contributed by atoms with Crippen molar-refractivity contribution >= 4 is 16.5 Å². The highest BCUT2D eigenvalue weighted by atomic mass is 32.1. The van der Waals surface area contributed by atoms with Crippen molar-refractivity contribution in [1.29, 1.82) is 0 Å². The van der Waals surface area contributed by atoms with E-state index in [-0.39, 0.29) is 0 Å². The Labute approximate surface area is 103 Å². The summed E-state index contributed by atoms with van der Waals surface area (Å²) in [7, 11) is 1.99.